The third-order valence-corrected chi connectivity index (χ3v) is 4.29. The van der Waals surface area contributed by atoms with Gasteiger partial charge in [-0.05, 0) is 45.3 Å². The van der Waals surface area contributed by atoms with Gasteiger partial charge in [-0.3, -0.25) is 4.90 Å². The summed E-state index contributed by atoms with van der Waals surface area (Å²) in [5.74, 6) is 0.854. The van der Waals surface area contributed by atoms with Gasteiger partial charge in [-0.15, -0.1) is 0 Å². The summed E-state index contributed by atoms with van der Waals surface area (Å²) in [5, 5.41) is 3.44. The second-order valence-electron chi connectivity index (χ2n) is 5.92. The van der Waals surface area contributed by atoms with Gasteiger partial charge in [0.1, 0.15) is 0 Å². The van der Waals surface area contributed by atoms with E-state index in [0.717, 1.165) is 25.7 Å². The van der Waals surface area contributed by atoms with Crippen LogP contribution in [0.2, 0.25) is 0 Å². The van der Waals surface area contributed by atoms with Gasteiger partial charge in [-0.1, -0.05) is 30.3 Å². The quantitative estimate of drug-likeness (QED) is 0.702. The molecule has 1 saturated carbocycles. The lowest BCUT2D eigenvalue weighted by Gasteiger charge is -2.32. The van der Waals surface area contributed by atoms with Crippen molar-refractivity contribution in [2.75, 3.05) is 33.9 Å². The van der Waals surface area contributed by atoms with Crippen molar-refractivity contribution in [2.24, 2.45) is 5.92 Å². The molecular formula is C17H28N2O. The van der Waals surface area contributed by atoms with Gasteiger partial charge in [0.2, 0.25) is 0 Å². The number of rotatable bonds is 9. The summed E-state index contributed by atoms with van der Waals surface area (Å²) in [6.45, 7) is 5.05. The lowest BCUT2D eigenvalue weighted by Crippen LogP contribution is -2.41. The van der Waals surface area contributed by atoms with Crippen LogP contribution in [0.1, 0.15) is 31.4 Å². The molecule has 1 aromatic rings. The van der Waals surface area contributed by atoms with Crippen molar-refractivity contribution in [3.8, 4) is 0 Å². The van der Waals surface area contributed by atoms with E-state index in [2.05, 4.69) is 54.5 Å². The Morgan fingerprint density at radius 2 is 2.00 bits per heavy atom. The summed E-state index contributed by atoms with van der Waals surface area (Å²) in [6.07, 6.45) is 2.73. The summed E-state index contributed by atoms with van der Waals surface area (Å²) < 4.78 is 5.74. The molecule has 0 saturated heterocycles. The van der Waals surface area contributed by atoms with Crippen LogP contribution in [-0.2, 0) is 4.74 Å². The van der Waals surface area contributed by atoms with Crippen LogP contribution in [0.3, 0.4) is 0 Å². The molecule has 2 unspecified atom stereocenters. The predicted octanol–water partition coefficient (Wildman–Crippen LogP) is 2.69. The molecule has 0 heterocycles. The summed E-state index contributed by atoms with van der Waals surface area (Å²) >= 11 is 0. The number of nitrogens with one attached hydrogen (secondary N) is 1. The Morgan fingerprint density at radius 3 is 2.60 bits per heavy atom. The van der Waals surface area contributed by atoms with E-state index in [-0.39, 0.29) is 0 Å². The van der Waals surface area contributed by atoms with Crippen LogP contribution in [-0.4, -0.2) is 44.8 Å². The van der Waals surface area contributed by atoms with Gasteiger partial charge in [-0.25, -0.2) is 0 Å². The Balaban J connectivity index is 1.78. The molecule has 1 aliphatic rings. The fourth-order valence-electron chi connectivity index (χ4n) is 2.55. The molecule has 2 rings (SSSR count). The first-order chi connectivity index (χ1) is 9.72. The first-order valence-corrected chi connectivity index (χ1v) is 7.72. The van der Waals surface area contributed by atoms with Crippen molar-refractivity contribution < 1.29 is 4.74 Å². The predicted molar refractivity (Wildman–Crippen MR) is 83.9 cm³/mol. The highest BCUT2D eigenvalue weighted by atomic mass is 16.5. The summed E-state index contributed by atoms with van der Waals surface area (Å²) in [7, 11) is 4.21. The Labute approximate surface area is 123 Å². The third kappa shape index (κ3) is 4.58. The molecule has 0 aliphatic heterocycles. The molecule has 2 atom stereocenters. The molecule has 3 heteroatoms. The minimum absolute atomic E-state index is 0.352. The molecule has 1 aliphatic carbocycles. The molecule has 0 bridgehead atoms. The van der Waals surface area contributed by atoms with E-state index in [1.54, 1.807) is 0 Å². The average molecular weight is 276 g/mol. The van der Waals surface area contributed by atoms with Gasteiger partial charge in [0.25, 0.3) is 0 Å². The van der Waals surface area contributed by atoms with E-state index in [1.807, 2.05) is 7.05 Å². The number of hydrogen-bond donors (Lipinski definition) is 1. The molecule has 0 radical (unpaired) electrons. The Kier molecular flexibility index (Phi) is 6.02. The SMILES string of the molecule is CNC(c1ccccc1)C(C)N(C)CCOCC1CC1. The van der Waals surface area contributed by atoms with Gasteiger partial charge in [-0.2, -0.15) is 0 Å². The maximum atomic E-state index is 5.74. The normalized spacial score (nSPS) is 18.2. The summed E-state index contributed by atoms with van der Waals surface area (Å²) in [6, 6.07) is 11.4. The molecule has 0 aromatic heterocycles. The third-order valence-electron chi connectivity index (χ3n) is 4.29. The molecular weight excluding hydrogens is 248 g/mol. The zero-order valence-electron chi connectivity index (χ0n) is 13.0. The molecule has 3 nitrogen and oxygen atoms in total. The maximum Gasteiger partial charge on any atom is 0.0593 e. The van der Waals surface area contributed by atoms with Crippen molar-refractivity contribution >= 4 is 0 Å². The van der Waals surface area contributed by atoms with Crippen molar-refractivity contribution in [2.45, 2.75) is 31.8 Å². The molecule has 0 spiro atoms. The van der Waals surface area contributed by atoms with Gasteiger partial charge in [0.05, 0.1) is 6.61 Å². The molecule has 1 fully saturated rings. The Hall–Kier alpha value is -0.900. The maximum absolute atomic E-state index is 5.74. The van der Waals surface area contributed by atoms with Crippen molar-refractivity contribution in [1.82, 2.24) is 10.2 Å². The summed E-state index contributed by atoms with van der Waals surface area (Å²) in [5.41, 5.74) is 1.34. The zero-order valence-corrected chi connectivity index (χ0v) is 13.0. The van der Waals surface area contributed by atoms with E-state index in [4.69, 9.17) is 4.74 Å². The number of ether oxygens (including phenoxy) is 1. The molecule has 1 N–H and O–H groups in total. The number of nitrogens with zero attached hydrogens (tertiary/aromatic N) is 1. The number of likely N-dealkylation sites (N-methyl/N-ethyl adjacent to an activating group) is 2. The molecule has 0 amide bonds. The Morgan fingerprint density at radius 1 is 1.30 bits per heavy atom. The van der Waals surface area contributed by atoms with Crippen LogP contribution in [0.4, 0.5) is 0 Å². The largest absolute Gasteiger partial charge is 0.380 e. The highest BCUT2D eigenvalue weighted by molar-refractivity contribution is 5.20. The number of hydrogen-bond acceptors (Lipinski definition) is 3. The van der Waals surface area contributed by atoms with Gasteiger partial charge in [0, 0.05) is 25.2 Å². The van der Waals surface area contributed by atoms with E-state index in [9.17, 15) is 0 Å². The van der Waals surface area contributed by atoms with E-state index in [1.165, 1.54) is 18.4 Å². The lowest BCUT2D eigenvalue weighted by molar-refractivity contribution is 0.0875. The first-order valence-electron chi connectivity index (χ1n) is 7.72. The van der Waals surface area contributed by atoms with Crippen LogP contribution < -0.4 is 5.32 Å². The van der Waals surface area contributed by atoms with Gasteiger partial charge >= 0.3 is 0 Å². The number of benzene rings is 1. The summed E-state index contributed by atoms with van der Waals surface area (Å²) in [4.78, 5) is 2.38. The first kappa shape index (κ1) is 15.5. The van der Waals surface area contributed by atoms with Crippen LogP contribution in [0, 0.1) is 5.92 Å². The minimum atomic E-state index is 0.352. The highest BCUT2D eigenvalue weighted by Gasteiger charge is 2.22. The van der Waals surface area contributed by atoms with Gasteiger partial charge < -0.3 is 10.1 Å². The minimum Gasteiger partial charge on any atom is -0.380 e. The fourth-order valence-corrected chi connectivity index (χ4v) is 2.55. The standard InChI is InChI=1S/C17H28N2O/c1-14(17(18-2)16-7-5-4-6-8-16)19(3)11-12-20-13-15-9-10-15/h4-8,14-15,17-18H,9-13H2,1-3H3. The second-order valence-corrected chi connectivity index (χ2v) is 5.92. The topological polar surface area (TPSA) is 24.5 Å². The lowest BCUT2D eigenvalue weighted by atomic mass is 10.00. The average Bonchev–Trinajstić information content (AvgIpc) is 3.29. The van der Waals surface area contributed by atoms with E-state index in [0.29, 0.717) is 12.1 Å². The molecule has 1 aromatic carbocycles. The molecule has 20 heavy (non-hydrogen) atoms. The van der Waals surface area contributed by atoms with E-state index < -0.39 is 0 Å². The molecule has 112 valence electrons. The monoisotopic (exact) mass is 276 g/mol. The smallest absolute Gasteiger partial charge is 0.0593 e. The zero-order chi connectivity index (χ0) is 14.4. The van der Waals surface area contributed by atoms with Crippen molar-refractivity contribution in [1.29, 1.82) is 0 Å². The van der Waals surface area contributed by atoms with Crippen LogP contribution >= 0.6 is 0 Å². The van der Waals surface area contributed by atoms with Gasteiger partial charge in [0.15, 0.2) is 0 Å². The Bertz CT molecular complexity index is 378. The fraction of sp³-hybridized carbons (Fsp3) is 0.647. The van der Waals surface area contributed by atoms with Crippen LogP contribution in [0.15, 0.2) is 30.3 Å². The van der Waals surface area contributed by atoms with Crippen molar-refractivity contribution in [3.63, 3.8) is 0 Å². The van der Waals surface area contributed by atoms with Crippen LogP contribution in [0.5, 0.6) is 0 Å². The van der Waals surface area contributed by atoms with E-state index >= 15 is 0 Å². The van der Waals surface area contributed by atoms with Crippen LogP contribution in [0.25, 0.3) is 0 Å². The highest BCUT2D eigenvalue weighted by Crippen LogP contribution is 2.28. The van der Waals surface area contributed by atoms with Crippen molar-refractivity contribution in [3.05, 3.63) is 35.9 Å². The second kappa shape index (κ2) is 7.77.